The van der Waals surface area contributed by atoms with Crippen LogP contribution in [0.15, 0.2) is 34.4 Å². The highest BCUT2D eigenvalue weighted by Crippen LogP contribution is 2.60. The fourth-order valence-corrected chi connectivity index (χ4v) is 7.71. The van der Waals surface area contributed by atoms with Crippen LogP contribution in [0, 0.1) is 0 Å². The van der Waals surface area contributed by atoms with E-state index >= 15 is 0 Å². The molecular formula is C25H27Cl2N9O15P2. The molecule has 286 valence electrons. The van der Waals surface area contributed by atoms with Crippen LogP contribution in [-0.4, -0.2) is 124 Å². The van der Waals surface area contributed by atoms with E-state index < -0.39 is 89.5 Å². The van der Waals surface area contributed by atoms with Crippen molar-refractivity contribution in [3.8, 4) is 11.5 Å². The largest absolute Gasteiger partial charge is 0.481 e. The first-order chi connectivity index (χ1) is 24.9. The maximum absolute atomic E-state index is 12.5. The molecule has 3 aromatic rings. The summed E-state index contributed by atoms with van der Waals surface area (Å²) in [6, 6.07) is 2.56. The Hall–Kier alpha value is -3.55. The highest BCUT2D eigenvalue weighted by molar-refractivity contribution is 7.61. The second-order valence-corrected chi connectivity index (χ2v) is 15.2. The number of aromatic nitrogens is 8. The molecular weight excluding hydrogens is 799 g/mol. The molecule has 0 radical (unpaired) electrons. The Bertz CT molecular complexity index is 2370. The molecule has 24 nitrogen and oxygen atoms in total. The summed E-state index contributed by atoms with van der Waals surface area (Å²) in [7, 11) is -11.1. The Labute approximate surface area is 303 Å². The molecule has 53 heavy (non-hydrogen) atoms. The van der Waals surface area contributed by atoms with Gasteiger partial charge in [0.2, 0.25) is 0 Å². The maximum atomic E-state index is 12.5. The molecule has 0 bridgehead atoms. The van der Waals surface area contributed by atoms with Gasteiger partial charge in [0.25, 0.3) is 5.56 Å². The lowest BCUT2D eigenvalue weighted by Crippen LogP contribution is -2.42. The van der Waals surface area contributed by atoms with Crippen molar-refractivity contribution in [3.63, 3.8) is 0 Å². The van der Waals surface area contributed by atoms with Gasteiger partial charge in [0.1, 0.15) is 48.5 Å². The number of nitrogens with zero attached hydrogens (tertiary/aromatic N) is 7. The molecule has 1 aromatic carbocycles. The van der Waals surface area contributed by atoms with Crippen molar-refractivity contribution in [2.45, 2.75) is 49.4 Å². The number of hydrogen-bond acceptors (Lipinski definition) is 19. The van der Waals surface area contributed by atoms with Gasteiger partial charge >= 0.3 is 21.3 Å². The van der Waals surface area contributed by atoms with E-state index in [0.717, 1.165) is 10.9 Å². The highest BCUT2D eigenvalue weighted by Gasteiger charge is 2.46. The fraction of sp³-hybridized carbons (Fsp3) is 0.400. The molecule has 0 aliphatic carbocycles. The number of hydrogen-bond donors (Lipinski definition) is 9. The Morgan fingerprint density at radius 3 is 2.42 bits per heavy atom. The molecule has 3 aliphatic heterocycles. The molecule has 0 spiro atoms. The normalized spacial score (nSPS) is 23.3. The Morgan fingerprint density at radius 2 is 1.68 bits per heavy atom. The number of anilines is 1. The first-order valence-corrected chi connectivity index (χ1v) is 18.5. The van der Waals surface area contributed by atoms with E-state index in [2.05, 4.69) is 38.3 Å². The van der Waals surface area contributed by atoms with Crippen molar-refractivity contribution in [2.75, 3.05) is 18.9 Å². The Morgan fingerprint density at radius 1 is 0.981 bits per heavy atom. The molecule has 1 fully saturated rings. The summed E-state index contributed by atoms with van der Waals surface area (Å²) in [5, 5.41) is 52.9. The lowest BCUT2D eigenvalue weighted by atomic mass is 10.1. The number of phosphoric acid groups is 2. The van der Waals surface area contributed by atoms with Crippen LogP contribution < -0.4 is 17.0 Å². The number of fused-ring (bicyclic) bond motifs is 3. The summed E-state index contributed by atoms with van der Waals surface area (Å²) in [5.74, 6) is -0.322. The minimum absolute atomic E-state index is 0.00649. The second-order valence-electron chi connectivity index (χ2n) is 11.4. The monoisotopic (exact) mass is 825 g/mol. The van der Waals surface area contributed by atoms with E-state index in [-0.39, 0.29) is 49.6 Å². The van der Waals surface area contributed by atoms with Gasteiger partial charge in [-0.2, -0.15) is 9.29 Å². The third-order valence-corrected chi connectivity index (χ3v) is 11.1. The number of nitrogens with two attached hydrogens (primary N) is 1. The van der Waals surface area contributed by atoms with Gasteiger partial charge in [-0.25, -0.2) is 33.9 Å². The zero-order valence-corrected chi connectivity index (χ0v) is 29.5. The number of imidazole rings is 1. The number of H-pyrrole nitrogens is 1. The zero-order chi connectivity index (χ0) is 38.6. The lowest BCUT2D eigenvalue weighted by Gasteiger charge is -2.26. The summed E-state index contributed by atoms with van der Waals surface area (Å²) in [5.41, 5.74) is 3.84. The van der Waals surface area contributed by atoms with E-state index in [4.69, 9.17) is 33.7 Å². The second kappa shape index (κ2) is 14.9. The van der Waals surface area contributed by atoms with Crippen LogP contribution in [0.5, 0.6) is 0 Å². The number of rotatable bonds is 13. The summed E-state index contributed by atoms with van der Waals surface area (Å²) in [4.78, 5) is 66.2. The van der Waals surface area contributed by atoms with Crippen molar-refractivity contribution in [3.05, 3.63) is 55.7 Å². The van der Waals surface area contributed by atoms with Crippen LogP contribution >= 0.6 is 38.8 Å². The van der Waals surface area contributed by atoms with Crippen molar-refractivity contribution < 1.29 is 62.5 Å². The van der Waals surface area contributed by atoms with Crippen molar-refractivity contribution >= 4 is 66.9 Å². The summed E-state index contributed by atoms with van der Waals surface area (Å²) in [6.07, 6.45) is -10.2. The van der Waals surface area contributed by atoms with Crippen molar-refractivity contribution in [1.82, 2.24) is 39.0 Å². The Kier molecular flexibility index (Phi) is 11.0. The minimum atomic E-state index is -5.57. The number of aliphatic hydroxyl groups is 5. The van der Waals surface area contributed by atoms with Crippen LogP contribution in [-0.2, 0) is 33.8 Å². The van der Waals surface area contributed by atoms with Gasteiger partial charge in [0, 0.05) is 0 Å². The smallest absolute Gasteiger partial charge is 0.388 e. The first-order valence-electron chi connectivity index (χ1n) is 14.8. The number of aliphatic hydroxyl groups excluding tert-OH is 5. The van der Waals surface area contributed by atoms with Gasteiger partial charge in [-0.3, -0.25) is 23.4 Å². The van der Waals surface area contributed by atoms with Crippen LogP contribution in [0.25, 0.3) is 33.7 Å². The molecule has 0 saturated carbocycles. The van der Waals surface area contributed by atoms with Gasteiger partial charge in [-0.15, -0.1) is 0 Å². The fourth-order valence-electron chi connectivity index (χ4n) is 5.29. The molecule has 5 heterocycles. The standard InChI is InChI=1S/C25H27Cl2N9O15P2/c26-8-1-10-11(2-9(8)27)35(22-16(32-10)23(42)34-25(43)33-22)3-12(37)17(39)13(38)4-48-52(44,45)51-53(46,47)49-5-14-18(40)19(41)24(50-14)36-7-31-15-20(28)29-6-30-21(15)36/h1-2,6-7,12-14,17-19,24,37-41H,3-5H2,(H,44,45)(H,46,47)(H2,28,29,30)(H,34,42,43)/t12-,13+,14+,17-,18+,19+,24+/m0/s1. The molecule has 2 unspecified atom stereocenters. The number of ether oxygens (including phenoxy) is 1. The van der Waals surface area contributed by atoms with Crippen LogP contribution in [0.1, 0.15) is 6.23 Å². The summed E-state index contributed by atoms with van der Waals surface area (Å²) >= 11 is 12.2. The maximum Gasteiger partial charge on any atom is 0.481 e. The summed E-state index contributed by atoms with van der Waals surface area (Å²) in [6.45, 7) is -2.93. The van der Waals surface area contributed by atoms with Gasteiger partial charge < -0.3 is 50.4 Å². The first kappa shape index (κ1) is 39.2. The quantitative estimate of drug-likeness (QED) is 0.0470. The minimum Gasteiger partial charge on any atom is -0.388 e. The van der Waals surface area contributed by atoms with Crippen molar-refractivity contribution in [1.29, 1.82) is 0 Å². The van der Waals surface area contributed by atoms with E-state index in [1.165, 1.54) is 23.0 Å². The number of nitrogen functional groups attached to an aromatic ring is 1. The topological polar surface area (TPSA) is 363 Å². The van der Waals surface area contributed by atoms with Gasteiger partial charge in [0.05, 0.1) is 47.2 Å². The van der Waals surface area contributed by atoms with Gasteiger partial charge in [-0.05, 0) is 12.1 Å². The predicted octanol–water partition coefficient (Wildman–Crippen LogP) is -1.73. The molecule has 3 aliphatic rings. The number of halogens is 2. The van der Waals surface area contributed by atoms with Crippen molar-refractivity contribution in [2.24, 2.45) is 0 Å². The number of benzene rings is 1. The molecule has 1 saturated heterocycles. The molecule has 0 amide bonds. The highest BCUT2D eigenvalue weighted by atomic mass is 35.5. The van der Waals surface area contributed by atoms with Crippen LogP contribution in [0.3, 0.4) is 0 Å². The van der Waals surface area contributed by atoms with E-state index in [0.29, 0.717) is 0 Å². The van der Waals surface area contributed by atoms with E-state index in [1.807, 2.05) is 4.98 Å². The third-order valence-electron chi connectivity index (χ3n) is 7.82. The lowest BCUT2D eigenvalue weighted by molar-refractivity contribution is -0.0794. The number of aromatic amines is 1. The third kappa shape index (κ3) is 8.12. The average Bonchev–Trinajstić information content (AvgIpc) is 3.63. The van der Waals surface area contributed by atoms with E-state index in [1.54, 1.807) is 0 Å². The Balaban J connectivity index is 1.07. The number of phosphoric ester groups is 2. The predicted molar refractivity (Wildman–Crippen MR) is 177 cm³/mol. The SMILES string of the molecule is Nc1ncnc2c1ncn2[C@@H]1O[C@H](COP(=O)(O)OP(=O)(O)OC[C@@H](O)[C@@H](O)[C@@H](O)Cn2c3nc(=O)[nH]c(=O)c-3nc3cc(Cl)c(Cl)cc32)[C@@H](O)[C@H]1O. The van der Waals surface area contributed by atoms with E-state index in [9.17, 15) is 54.0 Å². The van der Waals surface area contributed by atoms with Gasteiger partial charge in [0.15, 0.2) is 29.2 Å². The van der Waals surface area contributed by atoms with Gasteiger partial charge in [-0.1, -0.05) is 23.2 Å². The molecule has 9 atom stereocenters. The molecule has 6 rings (SSSR count). The summed E-state index contributed by atoms with van der Waals surface area (Å²) < 4.78 is 46.3. The average molecular weight is 826 g/mol. The van der Waals surface area contributed by atoms with Crippen LogP contribution in [0.2, 0.25) is 10.0 Å². The van der Waals surface area contributed by atoms with Crippen LogP contribution in [0.4, 0.5) is 5.82 Å². The molecule has 2 aromatic heterocycles. The molecule has 10 N–H and O–H groups in total. The number of nitrogens with one attached hydrogen (secondary N) is 1. The zero-order valence-electron chi connectivity index (χ0n) is 26.2. The molecule has 28 heteroatoms.